The van der Waals surface area contributed by atoms with E-state index in [0.717, 1.165) is 27.6 Å². The first-order valence-electron chi connectivity index (χ1n) is 12.8. The van der Waals surface area contributed by atoms with Crippen molar-refractivity contribution < 1.29 is 28.0 Å². The zero-order valence-corrected chi connectivity index (χ0v) is 24.6. The molecule has 1 aliphatic rings. The number of allylic oxidation sites excluding steroid dienone is 3. The van der Waals surface area contributed by atoms with Crippen LogP contribution in [0.5, 0.6) is 0 Å². The second-order valence-corrected chi connectivity index (χ2v) is 10.7. The Hall–Kier alpha value is -3.87. The summed E-state index contributed by atoms with van der Waals surface area (Å²) in [6.45, 7) is 5.71. The van der Waals surface area contributed by atoms with Crippen LogP contribution < -0.4 is 9.21 Å². The van der Waals surface area contributed by atoms with Crippen LogP contribution in [0.25, 0.3) is 10.8 Å². The Balaban J connectivity index is 2.19. The molecule has 40 heavy (non-hydrogen) atoms. The molecule has 0 saturated heterocycles. The van der Waals surface area contributed by atoms with Gasteiger partial charge in [-0.25, -0.2) is 4.21 Å². The first kappa shape index (κ1) is 30.7. The predicted octanol–water partition coefficient (Wildman–Crippen LogP) is 4.68. The standard InChI is InChI=1S/C31H36N2O6S/c1-8-17-32(23(4)19-29(34)38-6)27-15-16-28(26-12-10-9-11-25(26)27)33(20-30(35)39-7)40(36)31-21(2)13-14-24(37-5)18-22(31)3/h1,9-16,18,23-24H,17,19-20H2,2-7H3. The van der Waals surface area contributed by atoms with E-state index < -0.39 is 17.0 Å². The Bertz CT molecular complexity index is 1420. The fraction of sp³-hybridized carbons (Fsp3) is 0.355. The number of fused-ring (bicyclic) bond motifs is 1. The summed E-state index contributed by atoms with van der Waals surface area (Å²) >= 11 is 0. The molecule has 0 heterocycles. The third-order valence-corrected chi connectivity index (χ3v) is 8.47. The Morgan fingerprint density at radius 3 is 2.25 bits per heavy atom. The van der Waals surface area contributed by atoms with Gasteiger partial charge >= 0.3 is 11.9 Å². The van der Waals surface area contributed by atoms with E-state index in [0.29, 0.717) is 10.6 Å². The lowest BCUT2D eigenvalue weighted by atomic mass is 10.0. The number of rotatable bonds is 11. The molecule has 3 atom stereocenters. The van der Waals surface area contributed by atoms with Crippen LogP contribution in [0.3, 0.4) is 0 Å². The molecule has 0 N–H and O–H groups in total. The van der Waals surface area contributed by atoms with E-state index in [-0.39, 0.29) is 37.6 Å². The number of carbonyl (C=O) groups is 2. The van der Waals surface area contributed by atoms with Crippen molar-refractivity contribution in [3.05, 3.63) is 70.7 Å². The van der Waals surface area contributed by atoms with Gasteiger partial charge in [0.1, 0.15) is 6.54 Å². The van der Waals surface area contributed by atoms with E-state index in [2.05, 4.69) is 5.92 Å². The van der Waals surface area contributed by atoms with Crippen molar-refractivity contribution in [1.29, 1.82) is 0 Å². The molecule has 3 unspecified atom stereocenters. The van der Waals surface area contributed by atoms with Crippen molar-refractivity contribution in [1.82, 2.24) is 0 Å². The third kappa shape index (κ3) is 6.82. The first-order valence-corrected chi connectivity index (χ1v) is 13.9. The number of ether oxygens (including phenoxy) is 3. The number of methoxy groups -OCH3 is 3. The molecule has 3 rings (SSSR count). The van der Waals surface area contributed by atoms with Crippen molar-refractivity contribution in [2.24, 2.45) is 0 Å². The monoisotopic (exact) mass is 564 g/mol. The highest BCUT2D eigenvalue weighted by Gasteiger charge is 2.28. The number of esters is 2. The SMILES string of the molecule is C#CCN(c1ccc(N(CC(=O)OC)S(=O)C2=C(C)C=CC(OC)C=C2C)c2ccccc12)C(C)CC(=O)OC. The summed E-state index contributed by atoms with van der Waals surface area (Å²) in [7, 11) is 2.50. The maximum Gasteiger partial charge on any atom is 0.326 e. The van der Waals surface area contributed by atoms with Crippen molar-refractivity contribution in [3.8, 4) is 12.3 Å². The molecule has 2 aromatic rings. The normalized spacial score (nSPS) is 16.4. The summed E-state index contributed by atoms with van der Waals surface area (Å²) in [6.07, 6.45) is 11.3. The Morgan fingerprint density at radius 2 is 1.65 bits per heavy atom. The van der Waals surface area contributed by atoms with Crippen LogP contribution in [0.1, 0.15) is 27.2 Å². The molecule has 0 fully saturated rings. The van der Waals surface area contributed by atoms with Gasteiger partial charge < -0.3 is 19.1 Å². The largest absolute Gasteiger partial charge is 0.469 e. The van der Waals surface area contributed by atoms with Gasteiger partial charge in [0.05, 0.1) is 43.9 Å². The predicted molar refractivity (Wildman–Crippen MR) is 160 cm³/mol. The highest BCUT2D eigenvalue weighted by Crippen LogP contribution is 2.38. The number of hydrogen-bond acceptors (Lipinski definition) is 7. The van der Waals surface area contributed by atoms with E-state index in [4.69, 9.17) is 20.6 Å². The van der Waals surface area contributed by atoms with Gasteiger partial charge in [-0.2, -0.15) is 0 Å². The second-order valence-electron chi connectivity index (χ2n) is 9.39. The summed E-state index contributed by atoms with van der Waals surface area (Å²) in [5.74, 6) is 1.82. The van der Waals surface area contributed by atoms with Gasteiger partial charge in [-0.1, -0.05) is 42.3 Å². The quantitative estimate of drug-likeness (QED) is 0.289. The molecule has 0 spiro atoms. The van der Waals surface area contributed by atoms with Crippen molar-refractivity contribution in [2.45, 2.75) is 39.3 Å². The Morgan fingerprint density at radius 1 is 1.02 bits per heavy atom. The zero-order chi connectivity index (χ0) is 29.4. The van der Waals surface area contributed by atoms with Gasteiger partial charge in [0.25, 0.3) is 0 Å². The zero-order valence-electron chi connectivity index (χ0n) is 23.8. The van der Waals surface area contributed by atoms with Crippen molar-refractivity contribution >= 4 is 45.1 Å². The van der Waals surface area contributed by atoms with Crippen molar-refractivity contribution in [2.75, 3.05) is 43.6 Å². The summed E-state index contributed by atoms with van der Waals surface area (Å²) < 4.78 is 31.2. The maximum absolute atomic E-state index is 14.3. The minimum Gasteiger partial charge on any atom is -0.469 e. The molecule has 212 valence electrons. The highest BCUT2D eigenvalue weighted by atomic mass is 32.2. The maximum atomic E-state index is 14.3. The van der Waals surface area contributed by atoms with Gasteiger partial charge in [-0.15, -0.1) is 6.42 Å². The van der Waals surface area contributed by atoms with E-state index >= 15 is 0 Å². The van der Waals surface area contributed by atoms with Gasteiger partial charge in [0, 0.05) is 29.6 Å². The topological polar surface area (TPSA) is 85.4 Å². The lowest BCUT2D eigenvalue weighted by Gasteiger charge is -2.32. The number of benzene rings is 2. The number of nitrogens with zero attached hydrogens (tertiary/aromatic N) is 2. The molecule has 0 saturated carbocycles. The average molecular weight is 565 g/mol. The van der Waals surface area contributed by atoms with E-state index in [9.17, 15) is 13.8 Å². The number of hydrogen-bond donors (Lipinski definition) is 0. The number of carbonyl (C=O) groups excluding carboxylic acids is 2. The van der Waals surface area contributed by atoms with Crippen LogP contribution in [-0.4, -0.2) is 62.7 Å². The summed E-state index contributed by atoms with van der Waals surface area (Å²) in [6, 6.07) is 11.1. The molecule has 9 heteroatoms. The van der Waals surface area contributed by atoms with Crippen LogP contribution in [0.2, 0.25) is 0 Å². The molecule has 0 radical (unpaired) electrons. The van der Waals surface area contributed by atoms with Crippen LogP contribution >= 0.6 is 0 Å². The van der Waals surface area contributed by atoms with Crippen LogP contribution in [0.15, 0.2) is 70.7 Å². The second kappa shape index (κ2) is 14.0. The molecule has 0 amide bonds. The van der Waals surface area contributed by atoms with E-state index in [1.165, 1.54) is 14.2 Å². The first-order chi connectivity index (χ1) is 19.2. The Kier molecular flexibility index (Phi) is 10.7. The number of anilines is 2. The third-order valence-electron chi connectivity index (χ3n) is 6.75. The van der Waals surface area contributed by atoms with Crippen molar-refractivity contribution in [3.63, 3.8) is 0 Å². The van der Waals surface area contributed by atoms with E-state index in [1.807, 2.05) is 80.3 Å². The molecule has 8 nitrogen and oxygen atoms in total. The van der Waals surface area contributed by atoms with Crippen LogP contribution in [0.4, 0.5) is 11.4 Å². The minimum absolute atomic E-state index is 0.155. The highest BCUT2D eigenvalue weighted by molar-refractivity contribution is 7.90. The fourth-order valence-electron chi connectivity index (χ4n) is 4.70. The van der Waals surface area contributed by atoms with E-state index in [1.54, 1.807) is 11.4 Å². The molecule has 0 aromatic heterocycles. The molecule has 1 aliphatic carbocycles. The molecule has 2 aromatic carbocycles. The summed E-state index contributed by atoms with van der Waals surface area (Å²) in [5.41, 5.74) is 3.00. The number of terminal acetylenes is 1. The van der Waals surface area contributed by atoms with Crippen LogP contribution in [-0.2, 0) is 34.8 Å². The average Bonchev–Trinajstić information content (AvgIpc) is 3.10. The van der Waals surface area contributed by atoms with Gasteiger partial charge in [-0.3, -0.25) is 13.9 Å². The smallest absolute Gasteiger partial charge is 0.326 e. The molecular formula is C31H36N2O6S. The molecule has 0 aliphatic heterocycles. The molecular weight excluding hydrogens is 528 g/mol. The minimum atomic E-state index is -1.77. The van der Waals surface area contributed by atoms with Gasteiger partial charge in [0.2, 0.25) is 0 Å². The van der Waals surface area contributed by atoms with Crippen LogP contribution in [0, 0.1) is 12.3 Å². The summed E-state index contributed by atoms with van der Waals surface area (Å²) in [4.78, 5) is 27.2. The van der Waals surface area contributed by atoms with Gasteiger partial charge in [0.15, 0.2) is 11.0 Å². The fourth-order valence-corrected chi connectivity index (χ4v) is 6.17. The lowest BCUT2D eigenvalue weighted by Crippen LogP contribution is -2.36. The lowest BCUT2D eigenvalue weighted by molar-refractivity contribution is -0.141. The summed E-state index contributed by atoms with van der Waals surface area (Å²) in [5, 5.41) is 1.60. The molecule has 0 bridgehead atoms. The van der Waals surface area contributed by atoms with Gasteiger partial charge in [-0.05, 0) is 50.1 Å². The Labute approximate surface area is 238 Å².